The Kier molecular flexibility index (Phi) is 5.66. The van der Waals surface area contributed by atoms with Crippen LogP contribution in [-0.2, 0) is 17.6 Å². The van der Waals surface area contributed by atoms with Crippen molar-refractivity contribution in [3.63, 3.8) is 0 Å². The van der Waals surface area contributed by atoms with Crippen LogP contribution in [0.4, 0.5) is 0 Å². The van der Waals surface area contributed by atoms with Gasteiger partial charge in [0.15, 0.2) is 0 Å². The summed E-state index contributed by atoms with van der Waals surface area (Å²) in [5, 5.41) is 11.9. The average molecular weight is 318 g/mol. The van der Waals surface area contributed by atoms with Crippen molar-refractivity contribution < 1.29 is 14.7 Å². The molecule has 0 saturated heterocycles. The number of carboxylic acids is 1. The van der Waals surface area contributed by atoms with E-state index in [9.17, 15) is 9.59 Å². The van der Waals surface area contributed by atoms with E-state index in [4.69, 9.17) is 5.11 Å². The minimum absolute atomic E-state index is 0.00148. The number of aromatic nitrogens is 1. The van der Waals surface area contributed by atoms with E-state index in [-0.39, 0.29) is 17.9 Å². The van der Waals surface area contributed by atoms with Crippen LogP contribution in [0, 0.1) is 0 Å². The Labute approximate surface area is 133 Å². The largest absolute Gasteiger partial charge is 0.478 e. The highest BCUT2D eigenvalue weighted by Gasteiger charge is 2.14. The number of likely N-dealkylation sites (N-methyl/N-ethyl adjacent to an activating group) is 1. The van der Waals surface area contributed by atoms with E-state index in [2.05, 4.69) is 4.98 Å². The predicted molar refractivity (Wildman–Crippen MR) is 85.2 cm³/mol. The van der Waals surface area contributed by atoms with Crippen LogP contribution in [0.1, 0.15) is 27.9 Å². The van der Waals surface area contributed by atoms with Gasteiger partial charge in [-0.05, 0) is 24.6 Å². The molecule has 0 saturated carbocycles. The highest BCUT2D eigenvalue weighted by Crippen LogP contribution is 2.10. The summed E-state index contributed by atoms with van der Waals surface area (Å²) >= 11 is 1.58. The molecule has 0 atom stereocenters. The number of amides is 1. The highest BCUT2D eigenvalue weighted by molar-refractivity contribution is 7.09. The summed E-state index contributed by atoms with van der Waals surface area (Å²) in [4.78, 5) is 29.3. The van der Waals surface area contributed by atoms with Crippen LogP contribution in [0.2, 0.25) is 0 Å². The van der Waals surface area contributed by atoms with Crippen molar-refractivity contribution in [2.75, 3.05) is 13.1 Å². The molecule has 1 heterocycles. The van der Waals surface area contributed by atoms with Gasteiger partial charge in [-0.3, -0.25) is 4.79 Å². The number of aromatic carboxylic acids is 1. The Morgan fingerprint density at radius 3 is 2.82 bits per heavy atom. The van der Waals surface area contributed by atoms with Gasteiger partial charge in [-0.25, -0.2) is 9.78 Å². The Morgan fingerprint density at radius 2 is 2.18 bits per heavy atom. The highest BCUT2D eigenvalue weighted by atomic mass is 32.1. The number of nitrogens with zero attached hydrogens (tertiary/aromatic N) is 2. The third kappa shape index (κ3) is 4.39. The van der Waals surface area contributed by atoms with Crippen LogP contribution in [0.15, 0.2) is 35.8 Å². The molecule has 0 unspecified atom stereocenters. The van der Waals surface area contributed by atoms with Crippen molar-refractivity contribution in [3.8, 4) is 0 Å². The molecule has 0 radical (unpaired) electrons. The van der Waals surface area contributed by atoms with Gasteiger partial charge < -0.3 is 10.0 Å². The zero-order valence-electron chi connectivity index (χ0n) is 12.4. The summed E-state index contributed by atoms with van der Waals surface area (Å²) in [7, 11) is 0. The monoisotopic (exact) mass is 318 g/mol. The number of hydrogen-bond acceptors (Lipinski definition) is 4. The van der Waals surface area contributed by atoms with Gasteiger partial charge >= 0.3 is 5.97 Å². The van der Waals surface area contributed by atoms with E-state index < -0.39 is 5.97 Å². The molecule has 1 aromatic heterocycles. The molecule has 0 aliphatic heterocycles. The Morgan fingerprint density at radius 1 is 1.36 bits per heavy atom. The fraction of sp³-hybridized carbons (Fsp3) is 0.312. The van der Waals surface area contributed by atoms with Gasteiger partial charge in [0.2, 0.25) is 5.91 Å². The molecule has 0 aliphatic carbocycles. The maximum atomic E-state index is 12.3. The van der Waals surface area contributed by atoms with E-state index in [1.165, 1.54) is 6.07 Å². The third-order valence-electron chi connectivity index (χ3n) is 3.34. The molecule has 0 bridgehead atoms. The maximum absolute atomic E-state index is 12.3. The Hall–Kier alpha value is -2.21. The van der Waals surface area contributed by atoms with Crippen molar-refractivity contribution in [3.05, 3.63) is 52.0 Å². The van der Waals surface area contributed by atoms with Crippen LogP contribution < -0.4 is 0 Å². The standard InChI is InChI=1S/C16H18N2O3S/c1-2-18(8-6-14-17-7-9-22-14)15(19)11-12-4-3-5-13(10-12)16(20)21/h3-5,7,9-10H,2,6,8,11H2,1H3,(H,20,21). The van der Waals surface area contributed by atoms with Gasteiger partial charge in [0.05, 0.1) is 17.0 Å². The van der Waals surface area contributed by atoms with Crippen molar-refractivity contribution in [2.24, 2.45) is 0 Å². The normalized spacial score (nSPS) is 10.4. The summed E-state index contributed by atoms with van der Waals surface area (Å²) in [5.74, 6) is -0.980. The lowest BCUT2D eigenvalue weighted by Gasteiger charge is -2.20. The number of carbonyl (C=O) groups excluding carboxylic acids is 1. The van der Waals surface area contributed by atoms with Crippen molar-refractivity contribution in [1.82, 2.24) is 9.88 Å². The van der Waals surface area contributed by atoms with Crippen molar-refractivity contribution in [2.45, 2.75) is 19.8 Å². The van der Waals surface area contributed by atoms with Gasteiger partial charge in [0.1, 0.15) is 0 Å². The van der Waals surface area contributed by atoms with E-state index in [1.54, 1.807) is 40.6 Å². The minimum Gasteiger partial charge on any atom is -0.478 e. The van der Waals surface area contributed by atoms with Crippen LogP contribution in [0.25, 0.3) is 0 Å². The second-order valence-electron chi connectivity index (χ2n) is 4.83. The van der Waals surface area contributed by atoms with Gasteiger partial charge in [-0.2, -0.15) is 0 Å². The quantitative estimate of drug-likeness (QED) is 0.851. The summed E-state index contributed by atoms with van der Waals surface area (Å²) in [5.41, 5.74) is 0.925. The lowest BCUT2D eigenvalue weighted by Crippen LogP contribution is -2.33. The summed E-state index contributed by atoms with van der Waals surface area (Å²) in [6, 6.07) is 6.52. The zero-order valence-corrected chi connectivity index (χ0v) is 13.2. The number of hydrogen-bond donors (Lipinski definition) is 1. The molecule has 0 spiro atoms. The summed E-state index contributed by atoms with van der Waals surface area (Å²) in [6.07, 6.45) is 2.72. The topological polar surface area (TPSA) is 70.5 Å². The van der Waals surface area contributed by atoms with Crippen molar-refractivity contribution >= 4 is 23.2 Å². The van der Waals surface area contributed by atoms with Crippen LogP contribution >= 0.6 is 11.3 Å². The molecule has 0 aliphatic rings. The van der Waals surface area contributed by atoms with Crippen LogP contribution in [-0.4, -0.2) is 40.0 Å². The SMILES string of the molecule is CCN(CCc1nccs1)C(=O)Cc1cccc(C(=O)O)c1. The molecule has 0 fully saturated rings. The van der Waals surface area contributed by atoms with E-state index in [0.29, 0.717) is 13.1 Å². The predicted octanol–water partition coefficient (Wildman–Crippen LogP) is 2.48. The van der Waals surface area contributed by atoms with Crippen LogP contribution in [0.3, 0.4) is 0 Å². The Balaban J connectivity index is 1.96. The molecule has 6 heteroatoms. The molecule has 22 heavy (non-hydrogen) atoms. The van der Waals surface area contributed by atoms with Gasteiger partial charge in [-0.1, -0.05) is 12.1 Å². The number of rotatable bonds is 7. The second kappa shape index (κ2) is 7.70. The first-order valence-electron chi connectivity index (χ1n) is 7.08. The number of carboxylic acid groups (broad SMARTS) is 1. The molecule has 5 nitrogen and oxygen atoms in total. The molecule has 116 valence electrons. The molecule has 2 rings (SSSR count). The first kappa shape index (κ1) is 16.2. The molecule has 1 N–H and O–H groups in total. The lowest BCUT2D eigenvalue weighted by molar-refractivity contribution is -0.130. The molecular formula is C16H18N2O3S. The fourth-order valence-electron chi connectivity index (χ4n) is 2.17. The summed E-state index contributed by atoms with van der Waals surface area (Å²) < 4.78 is 0. The Bertz CT molecular complexity index is 641. The van der Waals surface area contributed by atoms with E-state index in [1.807, 2.05) is 12.3 Å². The number of benzene rings is 1. The van der Waals surface area contributed by atoms with Gasteiger partial charge in [-0.15, -0.1) is 11.3 Å². The smallest absolute Gasteiger partial charge is 0.335 e. The average Bonchev–Trinajstić information content (AvgIpc) is 3.01. The minimum atomic E-state index is -0.981. The van der Waals surface area contributed by atoms with Gasteiger partial charge in [0, 0.05) is 31.1 Å². The summed E-state index contributed by atoms with van der Waals surface area (Å²) in [6.45, 7) is 3.19. The third-order valence-corrected chi connectivity index (χ3v) is 4.18. The number of carbonyl (C=O) groups is 2. The van der Waals surface area contributed by atoms with Crippen molar-refractivity contribution in [1.29, 1.82) is 0 Å². The lowest BCUT2D eigenvalue weighted by atomic mass is 10.1. The van der Waals surface area contributed by atoms with E-state index >= 15 is 0 Å². The maximum Gasteiger partial charge on any atom is 0.335 e. The first-order valence-corrected chi connectivity index (χ1v) is 7.96. The molecule has 1 aromatic carbocycles. The van der Waals surface area contributed by atoms with E-state index in [0.717, 1.165) is 17.0 Å². The molecule has 2 aromatic rings. The fourth-order valence-corrected chi connectivity index (χ4v) is 2.78. The second-order valence-corrected chi connectivity index (χ2v) is 5.81. The molecular weight excluding hydrogens is 300 g/mol. The van der Waals surface area contributed by atoms with Gasteiger partial charge in [0.25, 0.3) is 0 Å². The zero-order chi connectivity index (χ0) is 15.9. The van der Waals surface area contributed by atoms with Crippen LogP contribution in [0.5, 0.6) is 0 Å². The molecule has 1 amide bonds. The first-order chi connectivity index (χ1) is 10.6. The number of thiazole rings is 1.